The van der Waals surface area contributed by atoms with E-state index in [-0.39, 0.29) is 6.61 Å². The van der Waals surface area contributed by atoms with E-state index in [4.69, 9.17) is 10.5 Å². The van der Waals surface area contributed by atoms with Gasteiger partial charge in [0.2, 0.25) is 4.80 Å². The van der Waals surface area contributed by atoms with Crippen LogP contribution in [0.15, 0.2) is 58.7 Å². The van der Waals surface area contributed by atoms with Gasteiger partial charge in [-0.25, -0.2) is 0 Å². The number of fused-ring (bicyclic) bond motifs is 1. The van der Waals surface area contributed by atoms with E-state index in [2.05, 4.69) is 22.3 Å². The Labute approximate surface area is 142 Å². The smallest absolute Gasteiger partial charge is 0.255 e. The van der Waals surface area contributed by atoms with Gasteiger partial charge in [-0.15, -0.1) is 5.10 Å². The van der Waals surface area contributed by atoms with Crippen LogP contribution in [-0.4, -0.2) is 23.3 Å². The molecule has 1 amide bonds. The fraction of sp³-hybridized carbons (Fsp3) is 0.118. The van der Waals surface area contributed by atoms with Crippen LogP contribution in [0.2, 0.25) is 0 Å². The van der Waals surface area contributed by atoms with Gasteiger partial charge in [0.05, 0.1) is 16.4 Å². The number of thiazole rings is 1. The molecule has 0 saturated carbocycles. The molecule has 0 aliphatic heterocycles. The Morgan fingerprint density at radius 2 is 2.00 bits per heavy atom. The first-order chi connectivity index (χ1) is 11.6. The highest BCUT2D eigenvalue weighted by atomic mass is 32.1. The van der Waals surface area contributed by atoms with E-state index in [1.54, 1.807) is 29.7 Å². The summed E-state index contributed by atoms with van der Waals surface area (Å²) in [6, 6.07) is 15.3. The Balaban J connectivity index is 1.75. The van der Waals surface area contributed by atoms with E-state index < -0.39 is 5.91 Å². The summed E-state index contributed by atoms with van der Waals surface area (Å²) in [5.74, 6) is 0.0782. The van der Waals surface area contributed by atoms with Crippen molar-refractivity contribution in [1.82, 2.24) is 4.57 Å². The normalized spacial score (nSPS) is 12.1. The average Bonchev–Trinajstić information content (AvgIpc) is 2.91. The molecule has 122 valence electrons. The molecule has 0 aliphatic rings. The number of benzene rings is 2. The predicted molar refractivity (Wildman–Crippen MR) is 95.1 cm³/mol. The van der Waals surface area contributed by atoms with Crippen molar-refractivity contribution in [3.8, 4) is 5.75 Å². The summed E-state index contributed by atoms with van der Waals surface area (Å²) < 4.78 is 8.38. The molecule has 0 atom stereocenters. The van der Waals surface area contributed by atoms with Gasteiger partial charge in [0.25, 0.3) is 5.91 Å². The number of aryl methyl sites for hydroxylation is 1. The highest BCUT2D eigenvalue weighted by molar-refractivity contribution is 7.16. The molecule has 7 heteroatoms. The third-order valence-electron chi connectivity index (χ3n) is 3.33. The Kier molecular flexibility index (Phi) is 4.72. The highest BCUT2D eigenvalue weighted by Crippen LogP contribution is 2.15. The average molecular weight is 340 g/mol. The fourth-order valence-electron chi connectivity index (χ4n) is 2.13. The molecule has 0 bridgehead atoms. The maximum Gasteiger partial charge on any atom is 0.255 e. The largest absolute Gasteiger partial charge is 0.484 e. The van der Waals surface area contributed by atoms with Crippen molar-refractivity contribution in [3.05, 3.63) is 58.9 Å². The van der Waals surface area contributed by atoms with Crippen LogP contribution in [0.4, 0.5) is 0 Å². The third-order valence-corrected chi connectivity index (χ3v) is 4.43. The van der Waals surface area contributed by atoms with Crippen LogP contribution in [0.25, 0.3) is 10.2 Å². The van der Waals surface area contributed by atoms with Gasteiger partial charge in [-0.3, -0.25) is 4.79 Å². The lowest BCUT2D eigenvalue weighted by molar-refractivity contribution is -0.119. The van der Waals surface area contributed by atoms with E-state index >= 15 is 0 Å². The summed E-state index contributed by atoms with van der Waals surface area (Å²) in [6.07, 6.45) is 1.67. The van der Waals surface area contributed by atoms with Crippen LogP contribution in [-0.2, 0) is 11.8 Å². The van der Waals surface area contributed by atoms with Crippen LogP contribution in [0.1, 0.15) is 5.56 Å². The second-order valence-corrected chi connectivity index (χ2v) is 6.09. The summed E-state index contributed by atoms with van der Waals surface area (Å²) >= 11 is 1.59. The molecule has 3 rings (SSSR count). The Morgan fingerprint density at radius 1 is 1.25 bits per heavy atom. The minimum atomic E-state index is -0.504. The van der Waals surface area contributed by atoms with E-state index in [0.29, 0.717) is 5.75 Å². The van der Waals surface area contributed by atoms with E-state index in [9.17, 15) is 4.79 Å². The second-order valence-electron chi connectivity index (χ2n) is 5.08. The van der Waals surface area contributed by atoms with Gasteiger partial charge in [-0.1, -0.05) is 23.5 Å². The standard InChI is InChI=1S/C17H16N4O2S/c1-21-14-4-2-3-5-15(14)24-17(21)20-19-10-12-6-8-13(9-7-12)23-11-16(18)22/h2-10H,11H2,1H3,(H2,18,22)/b19-10-,20-17+. The minimum Gasteiger partial charge on any atom is -0.484 e. The van der Waals surface area contributed by atoms with Crippen molar-refractivity contribution in [1.29, 1.82) is 0 Å². The zero-order valence-corrected chi connectivity index (χ0v) is 13.9. The monoisotopic (exact) mass is 340 g/mol. The van der Waals surface area contributed by atoms with Crippen LogP contribution >= 0.6 is 11.3 Å². The molecule has 0 unspecified atom stereocenters. The summed E-state index contributed by atoms with van der Waals surface area (Å²) in [4.78, 5) is 11.5. The van der Waals surface area contributed by atoms with Crippen LogP contribution < -0.4 is 15.3 Å². The van der Waals surface area contributed by atoms with Crippen LogP contribution in [0.5, 0.6) is 5.75 Å². The summed E-state index contributed by atoms with van der Waals surface area (Å²) in [6.45, 7) is -0.134. The van der Waals surface area contributed by atoms with Gasteiger partial charge in [0.1, 0.15) is 5.75 Å². The van der Waals surface area contributed by atoms with Crippen molar-refractivity contribution >= 4 is 33.7 Å². The molecule has 0 radical (unpaired) electrons. The number of aromatic nitrogens is 1. The molecule has 1 heterocycles. The molecular weight excluding hydrogens is 324 g/mol. The fourth-order valence-corrected chi connectivity index (χ4v) is 3.10. The lowest BCUT2D eigenvalue weighted by Gasteiger charge is -2.02. The molecule has 2 N–H and O–H groups in total. The van der Waals surface area contributed by atoms with Gasteiger partial charge in [-0.05, 0) is 42.0 Å². The molecule has 3 aromatic rings. The quantitative estimate of drug-likeness (QED) is 0.569. The molecule has 2 aromatic carbocycles. The molecule has 0 fully saturated rings. The summed E-state index contributed by atoms with van der Waals surface area (Å²) in [7, 11) is 1.97. The second kappa shape index (κ2) is 7.10. The number of nitrogens with zero attached hydrogens (tertiary/aromatic N) is 3. The molecule has 1 aromatic heterocycles. The first kappa shape index (κ1) is 15.9. The predicted octanol–water partition coefficient (Wildman–Crippen LogP) is 2.04. The number of rotatable bonds is 5. The SMILES string of the molecule is Cn1/c(=N\N=C/c2ccc(OCC(N)=O)cc2)sc2ccccc21. The molecule has 0 spiro atoms. The lowest BCUT2D eigenvalue weighted by atomic mass is 10.2. The molecule has 24 heavy (non-hydrogen) atoms. The Bertz CT molecular complexity index is 955. The zero-order valence-electron chi connectivity index (χ0n) is 13.0. The van der Waals surface area contributed by atoms with Crippen molar-refractivity contribution in [2.75, 3.05) is 6.61 Å². The van der Waals surface area contributed by atoms with Crippen LogP contribution in [0.3, 0.4) is 0 Å². The van der Waals surface area contributed by atoms with Gasteiger partial charge in [0, 0.05) is 7.05 Å². The maximum atomic E-state index is 10.7. The molecule has 0 aliphatic carbocycles. The topological polar surface area (TPSA) is 82.0 Å². The summed E-state index contributed by atoms with van der Waals surface area (Å²) in [5, 5.41) is 8.43. The lowest BCUT2D eigenvalue weighted by Crippen LogP contribution is -2.19. The number of nitrogens with two attached hydrogens (primary N) is 1. The summed E-state index contributed by atoms with van der Waals surface area (Å²) in [5.41, 5.74) is 7.05. The van der Waals surface area contributed by atoms with E-state index in [1.165, 1.54) is 4.70 Å². The number of primary amides is 1. The Morgan fingerprint density at radius 3 is 2.71 bits per heavy atom. The third kappa shape index (κ3) is 3.69. The highest BCUT2D eigenvalue weighted by Gasteiger charge is 2.00. The zero-order chi connectivity index (χ0) is 16.9. The van der Waals surface area contributed by atoms with Gasteiger partial charge >= 0.3 is 0 Å². The molecule has 6 nitrogen and oxygen atoms in total. The number of carbonyl (C=O) groups is 1. The minimum absolute atomic E-state index is 0.134. The molecule has 0 saturated heterocycles. The number of hydrogen-bond acceptors (Lipinski definition) is 5. The number of amides is 1. The number of carbonyl (C=O) groups excluding carboxylic acids is 1. The van der Waals surface area contributed by atoms with Crippen molar-refractivity contribution in [3.63, 3.8) is 0 Å². The van der Waals surface area contributed by atoms with Gasteiger partial charge < -0.3 is 15.0 Å². The van der Waals surface area contributed by atoms with E-state index in [0.717, 1.165) is 15.9 Å². The molecular formula is C17H16N4O2S. The van der Waals surface area contributed by atoms with Gasteiger partial charge in [-0.2, -0.15) is 5.10 Å². The van der Waals surface area contributed by atoms with Crippen molar-refractivity contribution < 1.29 is 9.53 Å². The van der Waals surface area contributed by atoms with Gasteiger partial charge in [0.15, 0.2) is 6.61 Å². The number of para-hydroxylation sites is 1. The first-order valence-corrected chi connectivity index (χ1v) is 8.08. The number of ether oxygens (including phenoxy) is 1. The maximum absolute atomic E-state index is 10.7. The van der Waals surface area contributed by atoms with Crippen LogP contribution in [0, 0.1) is 0 Å². The number of hydrogen-bond donors (Lipinski definition) is 1. The van der Waals surface area contributed by atoms with Crippen molar-refractivity contribution in [2.24, 2.45) is 23.0 Å². The van der Waals surface area contributed by atoms with Crippen molar-refractivity contribution in [2.45, 2.75) is 0 Å². The van der Waals surface area contributed by atoms with E-state index in [1.807, 2.05) is 35.9 Å². The first-order valence-electron chi connectivity index (χ1n) is 7.26. The Hall–Kier alpha value is -2.93.